The second kappa shape index (κ2) is 8.79. The highest BCUT2D eigenvalue weighted by atomic mass is 32.1. The summed E-state index contributed by atoms with van der Waals surface area (Å²) >= 11 is 1.41. The maximum atomic E-state index is 11.5. The molecule has 4 aromatic rings. The van der Waals surface area contributed by atoms with Gasteiger partial charge in [-0.1, -0.05) is 30.3 Å². The zero-order valence-corrected chi connectivity index (χ0v) is 18.5. The van der Waals surface area contributed by atoms with Crippen LogP contribution in [-0.2, 0) is 6.54 Å². The number of nitrogens with zero attached hydrogens (tertiary/aromatic N) is 3. The van der Waals surface area contributed by atoms with Crippen LogP contribution in [0.25, 0.3) is 11.3 Å². The first-order chi connectivity index (χ1) is 16.1. The van der Waals surface area contributed by atoms with Crippen LogP contribution in [0, 0.1) is 10.1 Å². The normalized spacial score (nSPS) is 12.7. The van der Waals surface area contributed by atoms with E-state index in [4.69, 9.17) is 14.2 Å². The number of methoxy groups -OCH3 is 1. The zero-order chi connectivity index (χ0) is 22.8. The van der Waals surface area contributed by atoms with E-state index < -0.39 is 4.92 Å². The number of thiazole rings is 1. The van der Waals surface area contributed by atoms with Crippen LogP contribution in [0.1, 0.15) is 5.56 Å². The molecule has 0 unspecified atom stereocenters. The molecular weight excluding hydrogens is 442 g/mol. The highest BCUT2D eigenvalue weighted by Gasteiger charge is 2.18. The van der Waals surface area contributed by atoms with Crippen LogP contribution in [0.2, 0.25) is 0 Å². The predicted molar refractivity (Wildman–Crippen MR) is 124 cm³/mol. The molecule has 0 bridgehead atoms. The van der Waals surface area contributed by atoms with Crippen molar-refractivity contribution >= 4 is 22.7 Å². The highest BCUT2D eigenvalue weighted by Crippen LogP contribution is 2.34. The van der Waals surface area contributed by atoms with E-state index in [0.717, 1.165) is 22.6 Å². The first-order valence-corrected chi connectivity index (χ1v) is 11.0. The Hall–Kier alpha value is -4.11. The Morgan fingerprint density at radius 1 is 1.09 bits per heavy atom. The molecule has 166 valence electrons. The summed E-state index contributed by atoms with van der Waals surface area (Å²) in [4.78, 5) is 16.4. The minimum absolute atomic E-state index is 0.0422. The minimum atomic E-state index is -0.421. The molecule has 0 atom stereocenters. The summed E-state index contributed by atoms with van der Waals surface area (Å²) in [6, 6.07) is 20.0. The van der Waals surface area contributed by atoms with Crippen molar-refractivity contribution in [2.24, 2.45) is 4.99 Å². The van der Waals surface area contributed by atoms with Crippen molar-refractivity contribution < 1.29 is 19.1 Å². The number of rotatable bonds is 6. The molecule has 0 radical (unpaired) electrons. The monoisotopic (exact) mass is 461 g/mol. The number of ether oxygens (including phenoxy) is 3. The lowest BCUT2D eigenvalue weighted by Gasteiger charge is -2.13. The van der Waals surface area contributed by atoms with Crippen LogP contribution in [0.4, 0.5) is 11.4 Å². The van der Waals surface area contributed by atoms with Gasteiger partial charge >= 0.3 is 0 Å². The molecule has 2 heterocycles. The van der Waals surface area contributed by atoms with Gasteiger partial charge in [-0.2, -0.15) is 0 Å². The molecule has 5 rings (SSSR count). The number of fused-ring (bicyclic) bond motifs is 1. The maximum Gasteiger partial charge on any atom is 0.294 e. The molecule has 1 aromatic heterocycles. The number of aromatic nitrogens is 1. The highest BCUT2D eigenvalue weighted by molar-refractivity contribution is 7.07. The third-order valence-corrected chi connectivity index (χ3v) is 6.12. The largest absolute Gasteiger partial charge is 0.496 e. The number of hydrogen-bond acceptors (Lipinski definition) is 7. The smallest absolute Gasteiger partial charge is 0.294 e. The first-order valence-electron chi connectivity index (χ1n) is 10.1. The summed E-state index contributed by atoms with van der Waals surface area (Å²) in [5, 5.41) is 13.5. The zero-order valence-electron chi connectivity index (χ0n) is 17.6. The molecule has 9 heteroatoms. The molecule has 33 heavy (non-hydrogen) atoms. The van der Waals surface area contributed by atoms with E-state index in [2.05, 4.69) is 4.99 Å². The molecule has 0 saturated heterocycles. The van der Waals surface area contributed by atoms with Crippen molar-refractivity contribution in [2.45, 2.75) is 6.54 Å². The summed E-state index contributed by atoms with van der Waals surface area (Å²) in [6.07, 6.45) is 0. The molecule has 0 amide bonds. The standard InChI is InChI=1S/C24H19N3O5S/c1-30-21-9-5-2-6-17(21)20-14-33-24(25-18-7-3-4-8-19(18)27(28)29)26(20)13-16-10-11-22-23(12-16)32-15-31-22/h2-12,14H,13,15H2,1H3. The third-order valence-electron chi connectivity index (χ3n) is 5.25. The number of nitro groups is 1. The lowest BCUT2D eigenvalue weighted by Crippen LogP contribution is -2.17. The summed E-state index contributed by atoms with van der Waals surface area (Å²) in [5.41, 5.74) is 3.04. The van der Waals surface area contributed by atoms with Gasteiger partial charge in [0, 0.05) is 17.0 Å². The number of hydrogen-bond donors (Lipinski definition) is 0. The van der Waals surface area contributed by atoms with Gasteiger partial charge in [0.15, 0.2) is 16.3 Å². The second-order valence-electron chi connectivity index (χ2n) is 7.24. The number of benzene rings is 3. The average molecular weight is 461 g/mol. The van der Waals surface area contributed by atoms with E-state index in [1.54, 1.807) is 25.3 Å². The lowest BCUT2D eigenvalue weighted by atomic mass is 10.1. The molecule has 3 aromatic carbocycles. The average Bonchev–Trinajstić information content (AvgIpc) is 3.46. The van der Waals surface area contributed by atoms with Crippen molar-refractivity contribution in [3.8, 4) is 28.5 Å². The van der Waals surface area contributed by atoms with Crippen molar-refractivity contribution in [3.05, 3.63) is 92.6 Å². The van der Waals surface area contributed by atoms with Crippen LogP contribution in [0.5, 0.6) is 17.2 Å². The fraction of sp³-hybridized carbons (Fsp3) is 0.125. The van der Waals surface area contributed by atoms with Crippen LogP contribution in [-0.4, -0.2) is 23.4 Å². The van der Waals surface area contributed by atoms with Gasteiger partial charge in [0.2, 0.25) is 6.79 Å². The third kappa shape index (κ3) is 4.06. The fourth-order valence-electron chi connectivity index (χ4n) is 3.68. The molecule has 0 spiro atoms. The van der Waals surface area contributed by atoms with E-state index >= 15 is 0 Å². The summed E-state index contributed by atoms with van der Waals surface area (Å²) in [5.74, 6) is 2.13. The molecule has 1 aliphatic rings. The molecule has 0 aliphatic carbocycles. The molecular formula is C24H19N3O5S. The Morgan fingerprint density at radius 3 is 2.73 bits per heavy atom. The van der Waals surface area contributed by atoms with Gasteiger partial charge in [0.25, 0.3) is 5.69 Å². The fourth-order valence-corrected chi connectivity index (χ4v) is 4.59. The van der Waals surface area contributed by atoms with Gasteiger partial charge in [0.05, 0.1) is 24.3 Å². The molecule has 0 saturated carbocycles. The Kier molecular flexibility index (Phi) is 5.54. The number of para-hydroxylation sites is 3. The maximum absolute atomic E-state index is 11.5. The molecule has 0 fully saturated rings. The topological polar surface area (TPSA) is 88.1 Å². The predicted octanol–water partition coefficient (Wildman–Crippen LogP) is 5.14. The Bertz CT molecular complexity index is 1410. The molecule has 1 aliphatic heterocycles. The quantitative estimate of drug-likeness (QED) is 0.293. The van der Waals surface area contributed by atoms with Crippen molar-refractivity contribution in [2.75, 3.05) is 13.9 Å². The summed E-state index contributed by atoms with van der Waals surface area (Å²) in [7, 11) is 1.63. The van der Waals surface area contributed by atoms with Crippen molar-refractivity contribution in [1.82, 2.24) is 4.57 Å². The van der Waals surface area contributed by atoms with Crippen LogP contribution in [0.3, 0.4) is 0 Å². The van der Waals surface area contributed by atoms with Gasteiger partial charge in [-0.05, 0) is 35.9 Å². The Morgan fingerprint density at radius 2 is 1.88 bits per heavy atom. The van der Waals surface area contributed by atoms with Crippen LogP contribution >= 0.6 is 11.3 Å². The van der Waals surface area contributed by atoms with E-state index in [0.29, 0.717) is 28.5 Å². The molecule has 8 nitrogen and oxygen atoms in total. The van der Waals surface area contributed by atoms with Crippen molar-refractivity contribution in [3.63, 3.8) is 0 Å². The van der Waals surface area contributed by atoms with E-state index in [-0.39, 0.29) is 12.5 Å². The SMILES string of the molecule is COc1ccccc1-c1csc(=Nc2ccccc2[N+](=O)[O-])n1Cc1ccc2c(c1)OCO2. The minimum Gasteiger partial charge on any atom is -0.496 e. The first kappa shape index (κ1) is 20.8. The lowest BCUT2D eigenvalue weighted by molar-refractivity contribution is -0.384. The van der Waals surface area contributed by atoms with Gasteiger partial charge < -0.3 is 18.8 Å². The summed E-state index contributed by atoms with van der Waals surface area (Å²) in [6.45, 7) is 0.683. The second-order valence-corrected chi connectivity index (χ2v) is 8.07. The van der Waals surface area contributed by atoms with Crippen LogP contribution in [0.15, 0.2) is 77.1 Å². The molecule has 0 N–H and O–H groups in total. The van der Waals surface area contributed by atoms with E-state index in [1.165, 1.54) is 17.4 Å². The van der Waals surface area contributed by atoms with Crippen molar-refractivity contribution in [1.29, 1.82) is 0 Å². The summed E-state index contributed by atoms with van der Waals surface area (Å²) < 4.78 is 18.6. The van der Waals surface area contributed by atoms with Crippen LogP contribution < -0.4 is 19.0 Å². The Balaban J connectivity index is 1.68. The van der Waals surface area contributed by atoms with Gasteiger partial charge in [-0.25, -0.2) is 4.99 Å². The van der Waals surface area contributed by atoms with E-state index in [1.807, 2.05) is 52.4 Å². The Labute approximate surface area is 193 Å². The number of nitro benzene ring substituents is 1. The van der Waals surface area contributed by atoms with E-state index in [9.17, 15) is 10.1 Å². The van der Waals surface area contributed by atoms with Gasteiger partial charge in [-0.15, -0.1) is 11.3 Å². The van der Waals surface area contributed by atoms with Gasteiger partial charge in [0.1, 0.15) is 11.4 Å². The van der Waals surface area contributed by atoms with Gasteiger partial charge in [-0.3, -0.25) is 10.1 Å².